The molecule has 0 unspecified atom stereocenters. The summed E-state index contributed by atoms with van der Waals surface area (Å²) < 4.78 is 7.41. The van der Waals surface area contributed by atoms with E-state index in [9.17, 15) is 5.26 Å². The number of aromatic nitrogens is 3. The van der Waals surface area contributed by atoms with Crippen LogP contribution >= 0.6 is 0 Å². The molecule has 1 aliphatic rings. The van der Waals surface area contributed by atoms with Gasteiger partial charge >= 0.3 is 0 Å². The van der Waals surface area contributed by atoms with Gasteiger partial charge in [0.25, 0.3) is 0 Å². The third kappa shape index (κ3) is 4.64. The summed E-state index contributed by atoms with van der Waals surface area (Å²) in [5.41, 5.74) is 3.15. The summed E-state index contributed by atoms with van der Waals surface area (Å²) in [6.07, 6.45) is 9.08. The highest BCUT2D eigenvalue weighted by Crippen LogP contribution is 2.31. The van der Waals surface area contributed by atoms with E-state index < -0.39 is 0 Å². The number of rotatable bonds is 7. The van der Waals surface area contributed by atoms with Crippen LogP contribution in [0.5, 0.6) is 5.75 Å². The smallest absolute Gasteiger partial charge is 0.138 e. The summed E-state index contributed by atoms with van der Waals surface area (Å²) >= 11 is 0. The van der Waals surface area contributed by atoms with Gasteiger partial charge in [-0.05, 0) is 63.9 Å². The van der Waals surface area contributed by atoms with Crippen molar-refractivity contribution in [3.8, 4) is 22.9 Å². The van der Waals surface area contributed by atoms with Crippen molar-refractivity contribution in [3.63, 3.8) is 0 Å². The molecule has 1 saturated heterocycles. The molecule has 31 heavy (non-hydrogen) atoms. The van der Waals surface area contributed by atoms with Gasteiger partial charge < -0.3 is 14.5 Å². The van der Waals surface area contributed by atoms with Crippen LogP contribution in [0.15, 0.2) is 36.8 Å². The van der Waals surface area contributed by atoms with E-state index in [0.717, 1.165) is 40.7 Å². The van der Waals surface area contributed by atoms with Crippen LogP contribution in [0.1, 0.15) is 31.7 Å². The van der Waals surface area contributed by atoms with E-state index >= 15 is 0 Å². The Labute approximate surface area is 183 Å². The Balaban J connectivity index is 1.54. The molecule has 0 N–H and O–H groups in total. The topological polar surface area (TPSA) is 69.7 Å². The number of anilines is 1. The maximum absolute atomic E-state index is 9.51. The number of likely N-dealkylation sites (tertiary alicyclic amines) is 1. The largest absolute Gasteiger partial charge is 0.492 e. The number of fused-ring (bicyclic) bond motifs is 1. The Morgan fingerprint density at radius 3 is 2.90 bits per heavy atom. The molecule has 7 nitrogen and oxygen atoms in total. The molecule has 0 spiro atoms. The van der Waals surface area contributed by atoms with E-state index in [1.54, 1.807) is 16.9 Å². The molecule has 4 rings (SSSR count). The van der Waals surface area contributed by atoms with Crippen molar-refractivity contribution in [2.24, 2.45) is 5.92 Å². The number of nitrogens with zero attached hydrogens (tertiary/aromatic N) is 6. The Morgan fingerprint density at radius 1 is 1.32 bits per heavy atom. The van der Waals surface area contributed by atoms with Crippen molar-refractivity contribution >= 4 is 11.3 Å². The first-order valence-electron chi connectivity index (χ1n) is 11.0. The van der Waals surface area contributed by atoms with Crippen LogP contribution in [-0.2, 0) is 0 Å². The molecule has 3 aromatic heterocycles. The molecule has 162 valence electrons. The Hall–Kier alpha value is -3.11. The highest BCUT2D eigenvalue weighted by Gasteiger charge is 2.18. The zero-order chi connectivity index (χ0) is 21.8. The monoisotopic (exact) mass is 418 g/mol. The minimum absolute atomic E-state index is 0.539. The number of piperidine rings is 1. The molecule has 1 fully saturated rings. The molecule has 0 aliphatic carbocycles. The predicted molar refractivity (Wildman–Crippen MR) is 122 cm³/mol. The first-order valence-corrected chi connectivity index (χ1v) is 11.0. The van der Waals surface area contributed by atoms with Gasteiger partial charge in [-0.3, -0.25) is 0 Å². The van der Waals surface area contributed by atoms with Crippen LogP contribution < -0.4 is 9.64 Å². The minimum atomic E-state index is 0.539. The summed E-state index contributed by atoms with van der Waals surface area (Å²) in [6, 6.07) is 8.31. The standard InChI is InChI=1S/C24H30N6O/c1-4-31-21-12-22(24-20(13-25)15-27-30(24)17-21)19-7-8-23(26-14-19)29(3)11-9-18-6-5-10-28(2)16-18/h7-8,12,14-15,17-18H,4-6,9-11,16H2,1-3H3/t18-/m1/s1. The normalized spacial score (nSPS) is 16.9. The number of hydrogen-bond donors (Lipinski definition) is 0. The van der Waals surface area contributed by atoms with Crippen molar-refractivity contribution < 1.29 is 4.74 Å². The van der Waals surface area contributed by atoms with E-state index in [-0.39, 0.29) is 0 Å². The third-order valence-corrected chi connectivity index (χ3v) is 6.06. The average molecular weight is 419 g/mol. The number of pyridine rings is 2. The fourth-order valence-corrected chi connectivity index (χ4v) is 4.42. The average Bonchev–Trinajstić information content (AvgIpc) is 3.20. The summed E-state index contributed by atoms with van der Waals surface area (Å²) in [7, 11) is 4.32. The lowest BCUT2D eigenvalue weighted by atomic mass is 9.95. The Morgan fingerprint density at radius 2 is 2.19 bits per heavy atom. The fraction of sp³-hybridized carbons (Fsp3) is 0.458. The molecule has 0 radical (unpaired) electrons. The number of ether oxygens (including phenoxy) is 1. The Bertz CT molecular complexity index is 1070. The first-order chi connectivity index (χ1) is 15.1. The number of nitriles is 1. The van der Waals surface area contributed by atoms with Crippen molar-refractivity contribution in [2.45, 2.75) is 26.2 Å². The second-order valence-corrected chi connectivity index (χ2v) is 8.37. The molecule has 7 heteroatoms. The summed E-state index contributed by atoms with van der Waals surface area (Å²) in [6.45, 7) is 5.92. The van der Waals surface area contributed by atoms with Crippen LogP contribution in [0.3, 0.4) is 0 Å². The van der Waals surface area contributed by atoms with Crippen molar-refractivity contribution in [3.05, 3.63) is 42.4 Å². The van der Waals surface area contributed by atoms with Crippen LogP contribution in [0.25, 0.3) is 16.6 Å². The third-order valence-electron chi connectivity index (χ3n) is 6.06. The predicted octanol–water partition coefficient (Wildman–Crippen LogP) is 3.83. The van der Waals surface area contributed by atoms with E-state index in [2.05, 4.69) is 47.2 Å². The van der Waals surface area contributed by atoms with E-state index in [1.165, 1.54) is 32.4 Å². The molecular formula is C24H30N6O. The van der Waals surface area contributed by atoms with Crippen molar-refractivity contribution in [1.29, 1.82) is 5.26 Å². The molecule has 0 saturated carbocycles. The zero-order valence-electron chi connectivity index (χ0n) is 18.6. The molecule has 4 heterocycles. The second-order valence-electron chi connectivity index (χ2n) is 8.37. The quantitative estimate of drug-likeness (QED) is 0.581. The summed E-state index contributed by atoms with van der Waals surface area (Å²) in [5.74, 6) is 2.44. The SMILES string of the molecule is CCOc1cc(-c2ccc(N(C)CC[C@H]3CCCN(C)C3)nc2)c2c(C#N)cnn2c1. The van der Waals surface area contributed by atoms with Crippen molar-refractivity contribution in [1.82, 2.24) is 19.5 Å². The van der Waals surface area contributed by atoms with Gasteiger partial charge in [-0.2, -0.15) is 10.4 Å². The van der Waals surface area contributed by atoms with Gasteiger partial charge in [0.15, 0.2) is 0 Å². The second kappa shape index (κ2) is 9.36. The molecule has 0 bridgehead atoms. The number of hydrogen-bond acceptors (Lipinski definition) is 6. The molecule has 0 amide bonds. The lowest BCUT2D eigenvalue weighted by Crippen LogP contribution is -2.34. The van der Waals surface area contributed by atoms with Gasteiger partial charge in [0, 0.05) is 37.5 Å². The van der Waals surface area contributed by atoms with Gasteiger partial charge in [-0.25, -0.2) is 9.50 Å². The van der Waals surface area contributed by atoms with Crippen LogP contribution in [0.4, 0.5) is 5.82 Å². The van der Waals surface area contributed by atoms with E-state index in [0.29, 0.717) is 12.2 Å². The lowest BCUT2D eigenvalue weighted by molar-refractivity contribution is 0.203. The zero-order valence-corrected chi connectivity index (χ0v) is 18.6. The van der Waals surface area contributed by atoms with E-state index in [1.807, 2.05) is 19.2 Å². The Kier molecular flexibility index (Phi) is 6.38. The highest BCUT2D eigenvalue weighted by molar-refractivity contribution is 5.85. The van der Waals surface area contributed by atoms with Crippen molar-refractivity contribution in [2.75, 3.05) is 45.2 Å². The van der Waals surface area contributed by atoms with Gasteiger partial charge in [0.1, 0.15) is 17.6 Å². The van der Waals surface area contributed by atoms with Gasteiger partial charge in [0.2, 0.25) is 0 Å². The maximum atomic E-state index is 9.51. The summed E-state index contributed by atoms with van der Waals surface area (Å²) in [4.78, 5) is 9.38. The molecule has 0 aromatic carbocycles. The van der Waals surface area contributed by atoms with Crippen LogP contribution in [0, 0.1) is 17.2 Å². The van der Waals surface area contributed by atoms with Crippen LogP contribution in [0.2, 0.25) is 0 Å². The highest BCUT2D eigenvalue weighted by atomic mass is 16.5. The molecular weight excluding hydrogens is 388 g/mol. The maximum Gasteiger partial charge on any atom is 0.138 e. The van der Waals surface area contributed by atoms with Gasteiger partial charge in [-0.1, -0.05) is 0 Å². The van der Waals surface area contributed by atoms with Crippen LogP contribution in [-0.4, -0.2) is 59.8 Å². The molecule has 1 aliphatic heterocycles. The first kappa shape index (κ1) is 21.1. The molecule has 3 aromatic rings. The molecule has 1 atom stereocenters. The minimum Gasteiger partial charge on any atom is -0.492 e. The van der Waals surface area contributed by atoms with Gasteiger partial charge in [-0.15, -0.1) is 0 Å². The lowest BCUT2D eigenvalue weighted by Gasteiger charge is -2.31. The van der Waals surface area contributed by atoms with Gasteiger partial charge in [0.05, 0.1) is 30.1 Å². The summed E-state index contributed by atoms with van der Waals surface area (Å²) in [5, 5.41) is 13.8. The van der Waals surface area contributed by atoms with E-state index in [4.69, 9.17) is 9.72 Å². The fourth-order valence-electron chi connectivity index (χ4n) is 4.42.